The number of halogens is 1. The summed E-state index contributed by atoms with van der Waals surface area (Å²) in [5.74, 6) is -1.30. The fourth-order valence-electron chi connectivity index (χ4n) is 2.65. The van der Waals surface area contributed by atoms with Crippen molar-refractivity contribution in [1.82, 2.24) is 10.2 Å². The Morgan fingerprint density at radius 2 is 1.83 bits per heavy atom. The van der Waals surface area contributed by atoms with E-state index < -0.39 is 11.8 Å². The van der Waals surface area contributed by atoms with E-state index in [-0.39, 0.29) is 5.82 Å². The third-order valence-electron chi connectivity index (χ3n) is 4.02. The predicted molar refractivity (Wildman–Crippen MR) is 87.7 cm³/mol. The Labute approximate surface area is 136 Å². The Kier molecular flexibility index (Phi) is 6.38. The van der Waals surface area contributed by atoms with Crippen LogP contribution in [0.5, 0.6) is 0 Å². The van der Waals surface area contributed by atoms with Crippen LogP contribution >= 0.6 is 0 Å². The zero-order chi connectivity index (χ0) is 16.7. The van der Waals surface area contributed by atoms with Gasteiger partial charge in [-0.3, -0.25) is 9.59 Å². The van der Waals surface area contributed by atoms with Crippen molar-refractivity contribution in [2.24, 2.45) is 0 Å². The lowest BCUT2D eigenvalue weighted by Gasteiger charge is -2.35. The summed E-state index contributed by atoms with van der Waals surface area (Å²) < 4.78 is 13.8. The molecule has 0 unspecified atom stereocenters. The Bertz CT molecular complexity index is 542. The highest BCUT2D eigenvalue weighted by molar-refractivity contribution is 6.35. The Morgan fingerprint density at radius 3 is 2.48 bits per heavy atom. The molecule has 1 fully saturated rings. The third kappa shape index (κ3) is 4.68. The maximum absolute atomic E-state index is 13.8. The molecule has 23 heavy (non-hydrogen) atoms. The number of para-hydroxylation sites is 1. The van der Waals surface area contributed by atoms with E-state index in [2.05, 4.69) is 12.2 Å². The van der Waals surface area contributed by atoms with E-state index in [1.165, 1.54) is 11.0 Å². The van der Waals surface area contributed by atoms with E-state index in [9.17, 15) is 14.0 Å². The average Bonchev–Trinajstić information content (AvgIpc) is 2.58. The number of benzene rings is 1. The van der Waals surface area contributed by atoms with Gasteiger partial charge < -0.3 is 15.1 Å². The van der Waals surface area contributed by atoms with E-state index in [1.807, 2.05) is 4.90 Å². The number of unbranched alkanes of at least 4 members (excludes halogenated alkanes) is 2. The van der Waals surface area contributed by atoms with Crippen LogP contribution in [0.1, 0.15) is 26.2 Å². The lowest BCUT2D eigenvalue weighted by molar-refractivity contribution is -0.146. The SMILES string of the molecule is CCCCCNC(=O)C(=O)N1CCN(c2ccccc2F)CC1. The summed E-state index contributed by atoms with van der Waals surface area (Å²) in [7, 11) is 0. The molecule has 0 atom stereocenters. The van der Waals surface area contributed by atoms with Crippen molar-refractivity contribution in [3.05, 3.63) is 30.1 Å². The molecule has 1 heterocycles. The molecule has 1 N–H and O–H groups in total. The third-order valence-corrected chi connectivity index (χ3v) is 4.02. The van der Waals surface area contributed by atoms with Crippen LogP contribution in [-0.2, 0) is 9.59 Å². The first-order valence-electron chi connectivity index (χ1n) is 8.20. The Balaban J connectivity index is 1.80. The molecule has 2 rings (SSSR count). The molecule has 1 aromatic rings. The highest BCUT2D eigenvalue weighted by Gasteiger charge is 2.26. The van der Waals surface area contributed by atoms with Crippen molar-refractivity contribution in [3.63, 3.8) is 0 Å². The minimum absolute atomic E-state index is 0.263. The molecular weight excluding hydrogens is 297 g/mol. The summed E-state index contributed by atoms with van der Waals surface area (Å²) in [6.45, 7) is 4.52. The highest BCUT2D eigenvalue weighted by atomic mass is 19.1. The van der Waals surface area contributed by atoms with Crippen LogP contribution in [0.4, 0.5) is 10.1 Å². The van der Waals surface area contributed by atoms with Crippen LogP contribution in [0.15, 0.2) is 24.3 Å². The quantitative estimate of drug-likeness (QED) is 0.664. The van der Waals surface area contributed by atoms with Gasteiger partial charge in [-0.05, 0) is 18.6 Å². The molecule has 1 aromatic carbocycles. The summed E-state index contributed by atoms with van der Waals surface area (Å²) in [6.07, 6.45) is 2.99. The van der Waals surface area contributed by atoms with Gasteiger partial charge in [-0.25, -0.2) is 4.39 Å². The van der Waals surface area contributed by atoms with Gasteiger partial charge in [-0.1, -0.05) is 31.9 Å². The number of anilines is 1. The highest BCUT2D eigenvalue weighted by Crippen LogP contribution is 2.20. The molecule has 0 spiro atoms. The first-order valence-corrected chi connectivity index (χ1v) is 8.20. The van der Waals surface area contributed by atoms with Crippen LogP contribution in [0.3, 0.4) is 0 Å². The predicted octanol–water partition coefficient (Wildman–Crippen LogP) is 1.78. The molecule has 126 valence electrons. The van der Waals surface area contributed by atoms with E-state index >= 15 is 0 Å². The Morgan fingerprint density at radius 1 is 1.13 bits per heavy atom. The Hall–Kier alpha value is -2.11. The maximum Gasteiger partial charge on any atom is 0.312 e. The van der Waals surface area contributed by atoms with Gasteiger partial charge in [0, 0.05) is 32.7 Å². The van der Waals surface area contributed by atoms with E-state index in [4.69, 9.17) is 0 Å². The van der Waals surface area contributed by atoms with E-state index in [0.29, 0.717) is 38.4 Å². The molecule has 1 saturated heterocycles. The lowest BCUT2D eigenvalue weighted by atomic mass is 10.2. The molecule has 1 aliphatic rings. The van der Waals surface area contributed by atoms with Crippen LogP contribution in [0.2, 0.25) is 0 Å². The van der Waals surface area contributed by atoms with Crippen molar-refractivity contribution in [2.45, 2.75) is 26.2 Å². The number of hydrogen-bond acceptors (Lipinski definition) is 3. The molecule has 5 nitrogen and oxygen atoms in total. The van der Waals surface area contributed by atoms with Crippen molar-refractivity contribution in [3.8, 4) is 0 Å². The summed E-state index contributed by atoms with van der Waals surface area (Å²) in [6, 6.07) is 6.60. The van der Waals surface area contributed by atoms with Gasteiger partial charge in [-0.15, -0.1) is 0 Å². The number of piperazine rings is 1. The normalized spacial score (nSPS) is 14.7. The van der Waals surface area contributed by atoms with Gasteiger partial charge in [0.1, 0.15) is 5.82 Å². The molecule has 0 radical (unpaired) electrons. The van der Waals surface area contributed by atoms with Crippen LogP contribution in [0, 0.1) is 5.82 Å². The fraction of sp³-hybridized carbons (Fsp3) is 0.529. The van der Waals surface area contributed by atoms with Gasteiger partial charge in [0.15, 0.2) is 0 Å². The number of carbonyl (C=O) groups is 2. The van der Waals surface area contributed by atoms with Crippen LogP contribution in [-0.4, -0.2) is 49.4 Å². The number of nitrogens with one attached hydrogen (secondary N) is 1. The van der Waals surface area contributed by atoms with Gasteiger partial charge in [0.25, 0.3) is 0 Å². The molecule has 0 saturated carbocycles. The minimum Gasteiger partial charge on any atom is -0.366 e. The van der Waals surface area contributed by atoms with Crippen molar-refractivity contribution >= 4 is 17.5 Å². The zero-order valence-corrected chi connectivity index (χ0v) is 13.6. The average molecular weight is 321 g/mol. The van der Waals surface area contributed by atoms with Gasteiger partial charge in [0.05, 0.1) is 5.69 Å². The number of hydrogen-bond donors (Lipinski definition) is 1. The van der Waals surface area contributed by atoms with Gasteiger partial charge in [-0.2, -0.15) is 0 Å². The van der Waals surface area contributed by atoms with E-state index in [0.717, 1.165) is 19.3 Å². The summed E-state index contributed by atoms with van der Waals surface area (Å²) in [4.78, 5) is 27.4. The standard InChI is InChI=1S/C17H24FN3O2/c1-2-3-6-9-19-16(22)17(23)21-12-10-20(11-13-21)15-8-5-4-7-14(15)18/h4-5,7-8H,2-3,6,9-13H2,1H3,(H,19,22). The smallest absolute Gasteiger partial charge is 0.312 e. The molecular formula is C17H24FN3O2. The maximum atomic E-state index is 13.8. The first-order chi connectivity index (χ1) is 11.1. The monoisotopic (exact) mass is 321 g/mol. The second-order valence-electron chi connectivity index (χ2n) is 5.69. The number of rotatable bonds is 5. The summed E-state index contributed by atoms with van der Waals surface area (Å²) >= 11 is 0. The number of nitrogens with zero attached hydrogens (tertiary/aromatic N) is 2. The zero-order valence-electron chi connectivity index (χ0n) is 13.6. The molecule has 0 bridgehead atoms. The lowest BCUT2D eigenvalue weighted by Crippen LogP contribution is -2.53. The van der Waals surface area contributed by atoms with Gasteiger partial charge in [0.2, 0.25) is 0 Å². The second kappa shape index (κ2) is 8.50. The van der Waals surface area contributed by atoms with E-state index in [1.54, 1.807) is 18.2 Å². The summed E-state index contributed by atoms with van der Waals surface area (Å²) in [5.41, 5.74) is 0.545. The first kappa shape index (κ1) is 17.2. The van der Waals surface area contributed by atoms with Crippen molar-refractivity contribution < 1.29 is 14.0 Å². The number of amides is 2. The van der Waals surface area contributed by atoms with Crippen molar-refractivity contribution in [1.29, 1.82) is 0 Å². The van der Waals surface area contributed by atoms with Crippen molar-refractivity contribution in [2.75, 3.05) is 37.6 Å². The van der Waals surface area contributed by atoms with Gasteiger partial charge >= 0.3 is 11.8 Å². The fourth-order valence-corrected chi connectivity index (χ4v) is 2.65. The molecule has 1 aliphatic heterocycles. The second-order valence-corrected chi connectivity index (χ2v) is 5.69. The number of carbonyl (C=O) groups excluding carboxylic acids is 2. The van der Waals surface area contributed by atoms with Crippen LogP contribution in [0.25, 0.3) is 0 Å². The van der Waals surface area contributed by atoms with Crippen LogP contribution < -0.4 is 10.2 Å². The topological polar surface area (TPSA) is 52.7 Å². The molecule has 6 heteroatoms. The summed E-state index contributed by atoms with van der Waals surface area (Å²) in [5, 5.41) is 2.66. The largest absolute Gasteiger partial charge is 0.366 e. The molecule has 0 aliphatic carbocycles. The minimum atomic E-state index is -0.541. The molecule has 0 aromatic heterocycles. The molecule has 2 amide bonds.